The van der Waals surface area contributed by atoms with E-state index in [9.17, 15) is 9.18 Å². The third-order valence-corrected chi connectivity index (χ3v) is 0.289. The van der Waals surface area contributed by atoms with E-state index >= 15 is 0 Å². The quantitative estimate of drug-likeness (QED) is 0.437. The van der Waals surface area contributed by atoms with Crippen LogP contribution < -0.4 is 0 Å². The summed E-state index contributed by atoms with van der Waals surface area (Å²) in [5.74, 6) is -1.84. The summed E-state index contributed by atoms with van der Waals surface area (Å²) in [5, 5.41) is 7.35. The van der Waals surface area contributed by atoms with Crippen molar-refractivity contribution in [3.8, 4) is 0 Å². The van der Waals surface area contributed by atoms with Gasteiger partial charge in [0.1, 0.15) is 6.67 Å². The molecule has 0 aliphatic carbocycles. The molecule has 0 radical (unpaired) electrons. The number of halogens is 1. The number of carbonyl (C=O) groups is 3. The van der Waals surface area contributed by atoms with Crippen molar-refractivity contribution in [2.45, 2.75) is 6.92 Å². The van der Waals surface area contributed by atoms with Crippen LogP contribution >= 0.6 is 0 Å². The van der Waals surface area contributed by atoms with Crippen molar-refractivity contribution in [1.82, 2.24) is 0 Å². The van der Waals surface area contributed by atoms with E-state index in [0.29, 0.717) is 0 Å². The summed E-state index contributed by atoms with van der Waals surface area (Å²) in [5.41, 5.74) is 0. The zero-order valence-electron chi connectivity index (χ0n) is 5.33. The second kappa shape index (κ2) is 7.74. The Hall–Kier alpha value is -1.26. The van der Waals surface area contributed by atoms with Gasteiger partial charge in [0.05, 0.1) is 0 Å². The molecule has 0 saturated carbocycles. The minimum absolute atomic E-state index is 0.167. The zero-order chi connectivity index (χ0) is 8.57. The molecule has 4 nitrogen and oxygen atoms in total. The van der Waals surface area contributed by atoms with Gasteiger partial charge in [-0.25, -0.2) is 9.18 Å². The van der Waals surface area contributed by atoms with Crippen molar-refractivity contribution in [1.29, 1.82) is 0 Å². The van der Waals surface area contributed by atoms with Crippen LogP contribution in [0.5, 0.6) is 0 Å². The number of carboxylic acid groups (broad SMARTS) is 1. The molecule has 10 heavy (non-hydrogen) atoms. The standard InChI is InChI=1S/C3H5FO.C2H2O3/c1-3(5)2-4;3-1-2(4)5/h2H2,1H3;1H,(H,4,5). The van der Waals surface area contributed by atoms with Gasteiger partial charge in [-0.3, -0.25) is 9.59 Å². The summed E-state index contributed by atoms with van der Waals surface area (Å²) in [6, 6.07) is 0. The van der Waals surface area contributed by atoms with Gasteiger partial charge in [-0.15, -0.1) is 0 Å². The van der Waals surface area contributed by atoms with E-state index in [0.717, 1.165) is 0 Å². The van der Waals surface area contributed by atoms with E-state index in [2.05, 4.69) is 0 Å². The van der Waals surface area contributed by atoms with Gasteiger partial charge in [-0.1, -0.05) is 0 Å². The van der Waals surface area contributed by atoms with E-state index in [1.165, 1.54) is 6.92 Å². The van der Waals surface area contributed by atoms with Gasteiger partial charge in [0.15, 0.2) is 5.78 Å². The van der Waals surface area contributed by atoms with Crippen LogP contribution in [0.1, 0.15) is 6.92 Å². The zero-order valence-corrected chi connectivity index (χ0v) is 5.33. The average Bonchev–Trinajstić information content (AvgIpc) is 1.89. The molecule has 0 rings (SSSR count). The van der Waals surface area contributed by atoms with Crippen molar-refractivity contribution in [2.24, 2.45) is 0 Å². The Morgan fingerprint density at radius 1 is 1.60 bits per heavy atom. The van der Waals surface area contributed by atoms with Gasteiger partial charge >= 0.3 is 5.97 Å². The minimum Gasteiger partial charge on any atom is -0.476 e. The van der Waals surface area contributed by atoms with Crippen LogP contribution in [0.15, 0.2) is 0 Å². The lowest BCUT2D eigenvalue weighted by Gasteiger charge is -1.68. The number of carbonyl (C=O) groups excluding carboxylic acids is 2. The van der Waals surface area contributed by atoms with Gasteiger partial charge < -0.3 is 5.11 Å². The molecule has 0 aromatic rings. The number of Topliss-reactive ketones (excluding diaryl/α,β-unsaturated/α-hetero) is 1. The van der Waals surface area contributed by atoms with E-state index < -0.39 is 18.4 Å². The smallest absolute Gasteiger partial charge is 0.368 e. The summed E-state index contributed by atoms with van der Waals surface area (Å²) in [7, 11) is 0. The Bertz CT molecular complexity index is 132. The Kier molecular flexibility index (Phi) is 8.92. The molecule has 0 atom stereocenters. The minimum atomic E-state index is -1.43. The highest BCUT2D eigenvalue weighted by molar-refractivity contribution is 6.19. The Labute approximate surface area is 56.6 Å². The second-order valence-corrected chi connectivity index (χ2v) is 1.29. The lowest BCUT2D eigenvalue weighted by molar-refractivity contribution is -0.143. The molecule has 0 aliphatic heterocycles. The Morgan fingerprint density at radius 3 is 1.80 bits per heavy atom. The number of carboxylic acids is 1. The maximum atomic E-state index is 10.8. The summed E-state index contributed by atoms with van der Waals surface area (Å²) < 4.78 is 10.8. The third-order valence-electron chi connectivity index (χ3n) is 0.289. The molecule has 58 valence electrons. The first-order chi connectivity index (χ1) is 4.54. The molecule has 0 bridgehead atoms. The van der Waals surface area contributed by atoms with Crippen LogP contribution in [0.25, 0.3) is 0 Å². The third kappa shape index (κ3) is 29.6. The molecule has 1 N–H and O–H groups in total. The van der Waals surface area contributed by atoms with Gasteiger partial charge in [-0.2, -0.15) is 0 Å². The first-order valence-corrected chi connectivity index (χ1v) is 2.28. The summed E-state index contributed by atoms with van der Waals surface area (Å²) in [4.78, 5) is 27.3. The normalized spacial score (nSPS) is 7.00. The lowest BCUT2D eigenvalue weighted by Crippen LogP contribution is -1.91. The second-order valence-electron chi connectivity index (χ2n) is 1.29. The van der Waals surface area contributed by atoms with E-state index in [-0.39, 0.29) is 6.29 Å². The van der Waals surface area contributed by atoms with Gasteiger partial charge in [0.2, 0.25) is 6.29 Å². The maximum Gasteiger partial charge on any atom is 0.368 e. The number of aldehydes is 1. The fourth-order valence-electron chi connectivity index (χ4n) is 0. The van der Waals surface area contributed by atoms with Crippen LogP contribution in [-0.4, -0.2) is 29.8 Å². The number of hydrogen-bond acceptors (Lipinski definition) is 3. The molecular weight excluding hydrogens is 143 g/mol. The number of rotatable bonds is 2. The van der Waals surface area contributed by atoms with Crippen molar-refractivity contribution in [3.05, 3.63) is 0 Å². The molecule has 0 aliphatic rings. The number of alkyl halides is 1. The molecule has 0 fully saturated rings. The lowest BCUT2D eigenvalue weighted by atomic mass is 10.5. The van der Waals surface area contributed by atoms with Gasteiger partial charge in [0, 0.05) is 0 Å². The molecular formula is C5H7FO4. The fraction of sp³-hybridized carbons (Fsp3) is 0.400. The predicted octanol–water partition coefficient (Wildman–Crippen LogP) is -0.185. The highest BCUT2D eigenvalue weighted by atomic mass is 19.1. The fourth-order valence-corrected chi connectivity index (χ4v) is 0. The highest BCUT2D eigenvalue weighted by Crippen LogP contribution is 1.64. The first kappa shape index (κ1) is 11.5. The topological polar surface area (TPSA) is 71.4 Å². The molecule has 5 heteroatoms. The number of ketones is 1. The van der Waals surface area contributed by atoms with Crippen molar-refractivity contribution in [2.75, 3.05) is 6.67 Å². The van der Waals surface area contributed by atoms with Crippen molar-refractivity contribution < 1.29 is 23.9 Å². The van der Waals surface area contributed by atoms with Crippen molar-refractivity contribution >= 4 is 18.0 Å². The molecule has 0 heterocycles. The molecule has 0 aromatic heterocycles. The van der Waals surface area contributed by atoms with Crippen LogP contribution in [0.3, 0.4) is 0 Å². The summed E-state index contributed by atoms with van der Waals surface area (Å²) >= 11 is 0. The van der Waals surface area contributed by atoms with E-state index in [1.807, 2.05) is 0 Å². The van der Waals surface area contributed by atoms with Crippen LogP contribution in [0.2, 0.25) is 0 Å². The maximum absolute atomic E-state index is 10.8. The van der Waals surface area contributed by atoms with Gasteiger partial charge in [0.25, 0.3) is 0 Å². The van der Waals surface area contributed by atoms with Gasteiger partial charge in [-0.05, 0) is 6.92 Å². The van der Waals surface area contributed by atoms with Crippen LogP contribution in [-0.2, 0) is 14.4 Å². The first-order valence-electron chi connectivity index (χ1n) is 2.28. The molecule has 0 amide bonds. The SMILES string of the molecule is CC(=O)CF.O=CC(=O)O. The molecule has 0 spiro atoms. The number of aliphatic carboxylic acids is 1. The Morgan fingerprint density at radius 2 is 1.80 bits per heavy atom. The van der Waals surface area contributed by atoms with Crippen LogP contribution in [0, 0.1) is 0 Å². The van der Waals surface area contributed by atoms with Crippen molar-refractivity contribution in [3.63, 3.8) is 0 Å². The summed E-state index contributed by atoms with van der Waals surface area (Å²) in [6.45, 7) is 0.375. The monoisotopic (exact) mass is 150 g/mol. The number of hydrogen-bond donors (Lipinski definition) is 1. The predicted molar refractivity (Wildman–Crippen MR) is 30.4 cm³/mol. The van der Waals surface area contributed by atoms with E-state index in [1.54, 1.807) is 0 Å². The van der Waals surface area contributed by atoms with Crippen LogP contribution in [0.4, 0.5) is 4.39 Å². The highest BCUT2D eigenvalue weighted by Gasteiger charge is 1.81. The Balaban J connectivity index is 0. The van der Waals surface area contributed by atoms with E-state index in [4.69, 9.17) is 14.7 Å². The summed E-state index contributed by atoms with van der Waals surface area (Å²) in [6.07, 6.45) is -0.167. The molecule has 0 unspecified atom stereocenters. The molecule has 0 aromatic carbocycles. The largest absolute Gasteiger partial charge is 0.476 e. The average molecular weight is 150 g/mol. The molecule has 0 saturated heterocycles.